The van der Waals surface area contributed by atoms with Crippen molar-refractivity contribution >= 4 is 27.5 Å². The molecule has 1 N–H and O–H groups in total. The fraction of sp³-hybridized carbons (Fsp3) is 0.273. The van der Waals surface area contributed by atoms with Crippen molar-refractivity contribution in [3.05, 3.63) is 45.4 Å². The van der Waals surface area contributed by atoms with E-state index >= 15 is 0 Å². The van der Waals surface area contributed by atoms with E-state index in [-0.39, 0.29) is 6.04 Å². The van der Waals surface area contributed by atoms with E-state index in [4.69, 9.17) is 0 Å². The first-order chi connectivity index (χ1) is 7.81. The molecule has 1 unspecified atom stereocenters. The Kier molecular flexibility index (Phi) is 4.04. The van der Waals surface area contributed by atoms with Crippen LogP contribution in [0.2, 0.25) is 0 Å². The quantitative estimate of drug-likeness (QED) is 0.943. The fourth-order valence-corrected chi connectivity index (χ4v) is 2.62. The number of nitrogens with zero attached hydrogens (tertiary/aromatic N) is 2. The molecule has 2 rings (SSSR count). The molecule has 16 heavy (non-hydrogen) atoms. The third kappa shape index (κ3) is 2.66. The van der Waals surface area contributed by atoms with Gasteiger partial charge in [0.15, 0.2) is 0 Å². The van der Waals surface area contributed by atoms with Gasteiger partial charge in [0.25, 0.3) is 0 Å². The van der Waals surface area contributed by atoms with Crippen LogP contribution < -0.4 is 5.32 Å². The zero-order valence-electron chi connectivity index (χ0n) is 8.85. The molecule has 0 amide bonds. The zero-order valence-corrected chi connectivity index (χ0v) is 11.3. The number of nitrogens with one attached hydrogen (secondary N) is 1. The van der Waals surface area contributed by atoms with E-state index in [0.717, 1.165) is 10.9 Å². The highest BCUT2D eigenvalue weighted by molar-refractivity contribution is 9.10. The highest BCUT2D eigenvalue weighted by Gasteiger charge is 2.13. The van der Waals surface area contributed by atoms with Crippen molar-refractivity contribution in [3.8, 4) is 0 Å². The van der Waals surface area contributed by atoms with Crippen molar-refractivity contribution in [2.75, 3.05) is 7.05 Å². The van der Waals surface area contributed by atoms with E-state index in [2.05, 4.69) is 49.0 Å². The second-order valence-electron chi connectivity index (χ2n) is 3.46. The minimum absolute atomic E-state index is 0.277. The third-order valence-electron chi connectivity index (χ3n) is 2.45. The average molecular weight is 298 g/mol. The highest BCUT2D eigenvalue weighted by Crippen LogP contribution is 2.24. The topological polar surface area (TPSA) is 37.8 Å². The highest BCUT2D eigenvalue weighted by atomic mass is 79.9. The molecule has 0 aliphatic carbocycles. The van der Waals surface area contributed by atoms with E-state index in [1.807, 2.05) is 19.3 Å². The van der Waals surface area contributed by atoms with Crippen LogP contribution in [0.3, 0.4) is 0 Å². The summed E-state index contributed by atoms with van der Waals surface area (Å²) in [7, 11) is 1.96. The van der Waals surface area contributed by atoms with E-state index in [0.29, 0.717) is 0 Å². The summed E-state index contributed by atoms with van der Waals surface area (Å²) in [6, 6.07) is 8.54. The Bertz CT molecular complexity index is 444. The minimum Gasteiger partial charge on any atom is -0.312 e. The molecule has 1 atom stereocenters. The molecule has 5 heteroatoms. The standard InChI is InChI=1S/C11H12BrN3S/c1-13-10(11-7-14-15-16-11)6-8-4-2-3-5-9(8)12/h2-5,7,10,13H,6H2,1H3. The molecule has 0 radical (unpaired) electrons. The van der Waals surface area contributed by atoms with Crippen LogP contribution in [0.1, 0.15) is 16.5 Å². The second-order valence-corrected chi connectivity index (χ2v) is 5.13. The maximum Gasteiger partial charge on any atom is 0.0669 e. The molecular formula is C11H12BrN3S. The number of likely N-dealkylation sites (N-methyl/N-ethyl adjacent to an activating group) is 1. The number of halogens is 1. The van der Waals surface area contributed by atoms with Crippen LogP contribution >= 0.6 is 27.5 Å². The molecule has 0 saturated carbocycles. The zero-order chi connectivity index (χ0) is 11.4. The second kappa shape index (κ2) is 5.52. The molecule has 0 aliphatic rings. The maximum atomic E-state index is 3.90. The molecule has 0 bridgehead atoms. The van der Waals surface area contributed by atoms with Crippen LogP contribution in [0.25, 0.3) is 0 Å². The first kappa shape index (κ1) is 11.7. The smallest absolute Gasteiger partial charge is 0.0669 e. The molecule has 2 aromatic rings. The van der Waals surface area contributed by atoms with Crippen molar-refractivity contribution < 1.29 is 0 Å². The molecular weight excluding hydrogens is 286 g/mol. The van der Waals surface area contributed by atoms with Crippen LogP contribution in [-0.2, 0) is 6.42 Å². The van der Waals surface area contributed by atoms with Crippen molar-refractivity contribution in [1.82, 2.24) is 14.9 Å². The normalized spacial score (nSPS) is 12.6. The summed E-state index contributed by atoms with van der Waals surface area (Å²) in [6.07, 6.45) is 2.75. The predicted octanol–water partition coefficient (Wildman–Crippen LogP) is 2.80. The Balaban J connectivity index is 2.17. The maximum absolute atomic E-state index is 3.90. The molecule has 0 saturated heterocycles. The summed E-state index contributed by atoms with van der Waals surface area (Å²) in [5.74, 6) is 0. The summed E-state index contributed by atoms with van der Waals surface area (Å²) >= 11 is 5.00. The fourth-order valence-electron chi connectivity index (χ4n) is 1.56. The van der Waals surface area contributed by atoms with Crippen LogP contribution in [0.15, 0.2) is 34.9 Å². The van der Waals surface area contributed by atoms with E-state index in [1.54, 1.807) is 0 Å². The van der Waals surface area contributed by atoms with Gasteiger partial charge in [-0.05, 0) is 36.6 Å². The number of rotatable bonds is 4. The lowest BCUT2D eigenvalue weighted by Crippen LogP contribution is -2.17. The summed E-state index contributed by atoms with van der Waals surface area (Å²) in [6.45, 7) is 0. The Morgan fingerprint density at radius 3 is 2.88 bits per heavy atom. The Morgan fingerprint density at radius 2 is 2.25 bits per heavy atom. The molecule has 0 fully saturated rings. The third-order valence-corrected chi connectivity index (χ3v) is 4.00. The van der Waals surface area contributed by atoms with Gasteiger partial charge in [-0.2, -0.15) is 0 Å². The van der Waals surface area contributed by atoms with Gasteiger partial charge in [0.2, 0.25) is 0 Å². The Morgan fingerprint density at radius 1 is 1.44 bits per heavy atom. The summed E-state index contributed by atoms with van der Waals surface area (Å²) in [5.41, 5.74) is 1.29. The average Bonchev–Trinajstić information content (AvgIpc) is 2.81. The van der Waals surface area contributed by atoms with Gasteiger partial charge in [-0.1, -0.05) is 38.6 Å². The van der Waals surface area contributed by atoms with Crippen molar-refractivity contribution in [2.45, 2.75) is 12.5 Å². The molecule has 3 nitrogen and oxygen atoms in total. The molecule has 1 aromatic heterocycles. The SMILES string of the molecule is CNC(Cc1ccccc1Br)c1cnns1. The summed E-state index contributed by atoms with van der Waals surface area (Å²) < 4.78 is 5.04. The molecule has 0 aliphatic heterocycles. The van der Waals surface area contributed by atoms with Gasteiger partial charge in [0.1, 0.15) is 0 Å². The monoisotopic (exact) mass is 297 g/mol. The predicted molar refractivity (Wildman–Crippen MR) is 69.6 cm³/mol. The van der Waals surface area contributed by atoms with Crippen molar-refractivity contribution in [2.24, 2.45) is 0 Å². The molecule has 84 valence electrons. The minimum atomic E-state index is 0.277. The van der Waals surface area contributed by atoms with Gasteiger partial charge < -0.3 is 5.32 Å². The van der Waals surface area contributed by atoms with Crippen LogP contribution in [0.4, 0.5) is 0 Å². The van der Waals surface area contributed by atoms with Crippen LogP contribution in [-0.4, -0.2) is 16.6 Å². The van der Waals surface area contributed by atoms with E-state index < -0.39 is 0 Å². The van der Waals surface area contributed by atoms with E-state index in [9.17, 15) is 0 Å². The molecule has 1 heterocycles. The number of hydrogen-bond acceptors (Lipinski definition) is 4. The van der Waals surface area contributed by atoms with E-state index in [1.165, 1.54) is 22.0 Å². The number of benzene rings is 1. The first-order valence-corrected chi connectivity index (χ1v) is 6.56. The molecule has 0 spiro atoms. The van der Waals surface area contributed by atoms with Gasteiger partial charge in [-0.3, -0.25) is 0 Å². The Hall–Kier alpha value is -0.780. The summed E-state index contributed by atoms with van der Waals surface area (Å²) in [4.78, 5) is 1.17. The molecule has 1 aromatic carbocycles. The van der Waals surface area contributed by atoms with Crippen molar-refractivity contribution in [1.29, 1.82) is 0 Å². The van der Waals surface area contributed by atoms with Crippen LogP contribution in [0, 0.1) is 0 Å². The lowest BCUT2D eigenvalue weighted by molar-refractivity contribution is 0.600. The van der Waals surface area contributed by atoms with Gasteiger partial charge in [0.05, 0.1) is 11.1 Å². The largest absolute Gasteiger partial charge is 0.312 e. The number of aromatic nitrogens is 2. The number of hydrogen-bond donors (Lipinski definition) is 1. The van der Waals surface area contributed by atoms with Gasteiger partial charge in [-0.25, -0.2) is 0 Å². The van der Waals surface area contributed by atoms with Gasteiger partial charge in [0, 0.05) is 10.5 Å². The Labute approximate surface area is 107 Å². The summed E-state index contributed by atoms with van der Waals surface area (Å²) in [5, 5.41) is 7.16. The van der Waals surface area contributed by atoms with Crippen molar-refractivity contribution in [3.63, 3.8) is 0 Å². The lowest BCUT2D eigenvalue weighted by Gasteiger charge is -2.14. The van der Waals surface area contributed by atoms with Crippen LogP contribution in [0.5, 0.6) is 0 Å². The van der Waals surface area contributed by atoms with Gasteiger partial charge >= 0.3 is 0 Å². The first-order valence-electron chi connectivity index (χ1n) is 4.99. The van der Waals surface area contributed by atoms with Gasteiger partial charge in [-0.15, -0.1) is 5.10 Å². The lowest BCUT2D eigenvalue weighted by atomic mass is 10.1.